The third-order valence-electron chi connectivity index (χ3n) is 4.33. The Bertz CT molecular complexity index is 882. The fraction of sp³-hybridized carbons (Fsp3) is 0.261. The molecule has 0 radical (unpaired) electrons. The van der Waals surface area contributed by atoms with Crippen molar-refractivity contribution < 1.29 is 18.7 Å². The van der Waals surface area contributed by atoms with Gasteiger partial charge in [0.05, 0.1) is 12.9 Å². The van der Waals surface area contributed by atoms with Gasteiger partial charge in [-0.15, -0.1) is 0 Å². The number of carbonyl (C=O) groups is 1. The number of carbonyl (C=O) groups excluding carboxylic acids is 1. The zero-order valence-corrected chi connectivity index (χ0v) is 16.2. The van der Waals surface area contributed by atoms with Gasteiger partial charge in [-0.2, -0.15) is 0 Å². The molecule has 3 rings (SSSR count). The molecular formula is C23H25NO4. The minimum Gasteiger partial charge on any atom is -0.483 e. The van der Waals surface area contributed by atoms with E-state index in [-0.39, 0.29) is 12.5 Å². The molecule has 0 saturated carbocycles. The lowest BCUT2D eigenvalue weighted by Gasteiger charge is -2.12. The molecule has 1 N–H and O–H groups in total. The van der Waals surface area contributed by atoms with E-state index in [4.69, 9.17) is 13.9 Å². The van der Waals surface area contributed by atoms with E-state index in [0.717, 1.165) is 33.8 Å². The van der Waals surface area contributed by atoms with Gasteiger partial charge >= 0.3 is 0 Å². The van der Waals surface area contributed by atoms with Crippen LogP contribution in [0.2, 0.25) is 0 Å². The summed E-state index contributed by atoms with van der Waals surface area (Å²) in [7, 11) is 0. The Morgan fingerprint density at radius 3 is 2.46 bits per heavy atom. The first-order chi connectivity index (χ1) is 13.6. The highest BCUT2D eigenvalue weighted by molar-refractivity contribution is 5.77. The number of nitrogens with one attached hydrogen (secondary N) is 1. The zero-order valence-electron chi connectivity index (χ0n) is 16.2. The van der Waals surface area contributed by atoms with E-state index in [1.807, 2.05) is 68.4 Å². The van der Waals surface area contributed by atoms with Crippen molar-refractivity contribution in [3.05, 3.63) is 88.9 Å². The summed E-state index contributed by atoms with van der Waals surface area (Å²) in [6.07, 6.45) is 1.63. The van der Waals surface area contributed by atoms with Crippen molar-refractivity contribution in [1.29, 1.82) is 0 Å². The van der Waals surface area contributed by atoms with Gasteiger partial charge < -0.3 is 19.2 Å². The molecular weight excluding hydrogens is 354 g/mol. The molecule has 0 spiro atoms. The predicted molar refractivity (Wildman–Crippen MR) is 107 cm³/mol. The van der Waals surface area contributed by atoms with Crippen molar-refractivity contribution in [2.75, 3.05) is 6.61 Å². The molecule has 28 heavy (non-hydrogen) atoms. The Balaban J connectivity index is 1.44. The maximum atomic E-state index is 12.1. The van der Waals surface area contributed by atoms with E-state index in [0.29, 0.717) is 19.8 Å². The van der Waals surface area contributed by atoms with Gasteiger partial charge in [-0.1, -0.05) is 42.5 Å². The zero-order chi connectivity index (χ0) is 19.8. The van der Waals surface area contributed by atoms with Gasteiger partial charge in [-0.3, -0.25) is 4.79 Å². The molecule has 5 nitrogen and oxygen atoms in total. The summed E-state index contributed by atoms with van der Waals surface area (Å²) >= 11 is 0. The summed E-state index contributed by atoms with van der Waals surface area (Å²) in [5, 5.41) is 2.89. The van der Waals surface area contributed by atoms with Crippen molar-refractivity contribution in [3.8, 4) is 5.75 Å². The van der Waals surface area contributed by atoms with Crippen molar-refractivity contribution in [2.45, 2.75) is 33.6 Å². The molecule has 0 aliphatic heterocycles. The second kappa shape index (κ2) is 9.76. The van der Waals surface area contributed by atoms with Crippen LogP contribution in [-0.4, -0.2) is 12.5 Å². The fourth-order valence-corrected chi connectivity index (χ4v) is 2.91. The summed E-state index contributed by atoms with van der Waals surface area (Å²) in [4.78, 5) is 12.1. The van der Waals surface area contributed by atoms with Crippen molar-refractivity contribution in [1.82, 2.24) is 5.32 Å². The smallest absolute Gasteiger partial charge is 0.258 e. The Kier molecular flexibility index (Phi) is 6.87. The van der Waals surface area contributed by atoms with Gasteiger partial charge in [0.15, 0.2) is 6.61 Å². The molecule has 0 bridgehead atoms. The largest absolute Gasteiger partial charge is 0.483 e. The standard InChI is InChI=1S/C23H25NO4/c1-17-6-3-7-18(2)23(17)28-16-22(25)24-13-19-8-4-9-20(12-19)14-26-15-21-10-5-11-27-21/h3-12H,13-16H2,1-2H3,(H,24,25). The van der Waals surface area contributed by atoms with E-state index < -0.39 is 0 Å². The van der Waals surface area contributed by atoms with E-state index in [1.54, 1.807) is 6.26 Å². The first kappa shape index (κ1) is 19.7. The monoisotopic (exact) mass is 379 g/mol. The van der Waals surface area contributed by atoms with Crippen LogP contribution < -0.4 is 10.1 Å². The Morgan fingerprint density at radius 1 is 0.964 bits per heavy atom. The number of hydrogen-bond donors (Lipinski definition) is 1. The lowest BCUT2D eigenvalue weighted by molar-refractivity contribution is -0.123. The highest BCUT2D eigenvalue weighted by Gasteiger charge is 2.07. The number of rotatable bonds is 9. The molecule has 1 heterocycles. The van der Waals surface area contributed by atoms with Crippen LogP contribution in [0.3, 0.4) is 0 Å². The average molecular weight is 379 g/mol. The summed E-state index contributed by atoms with van der Waals surface area (Å²) in [6.45, 7) is 5.31. The van der Waals surface area contributed by atoms with Crippen LogP contribution in [-0.2, 0) is 29.3 Å². The minimum atomic E-state index is -0.151. The van der Waals surface area contributed by atoms with Crippen molar-refractivity contribution in [2.24, 2.45) is 0 Å². The number of benzene rings is 2. The normalized spacial score (nSPS) is 10.6. The van der Waals surface area contributed by atoms with Gasteiger partial charge in [-0.05, 0) is 48.2 Å². The topological polar surface area (TPSA) is 60.7 Å². The molecule has 2 aromatic carbocycles. The third kappa shape index (κ3) is 5.72. The highest BCUT2D eigenvalue weighted by atomic mass is 16.5. The molecule has 1 amide bonds. The lowest BCUT2D eigenvalue weighted by Crippen LogP contribution is -2.28. The van der Waals surface area contributed by atoms with Crippen molar-refractivity contribution >= 4 is 5.91 Å². The number of hydrogen-bond acceptors (Lipinski definition) is 4. The van der Waals surface area contributed by atoms with Crippen LogP contribution in [0.15, 0.2) is 65.3 Å². The number of para-hydroxylation sites is 1. The molecule has 0 saturated heterocycles. The fourth-order valence-electron chi connectivity index (χ4n) is 2.91. The SMILES string of the molecule is Cc1cccc(C)c1OCC(=O)NCc1cccc(COCc2ccco2)c1. The summed E-state index contributed by atoms with van der Waals surface area (Å²) in [6, 6.07) is 17.6. The maximum Gasteiger partial charge on any atom is 0.258 e. The van der Waals surface area contributed by atoms with Crippen LogP contribution in [0.1, 0.15) is 28.0 Å². The molecule has 3 aromatic rings. The van der Waals surface area contributed by atoms with Crippen LogP contribution in [0.5, 0.6) is 5.75 Å². The molecule has 0 fully saturated rings. The van der Waals surface area contributed by atoms with Crippen LogP contribution >= 0.6 is 0 Å². The average Bonchev–Trinajstić information content (AvgIpc) is 3.20. The van der Waals surface area contributed by atoms with E-state index in [2.05, 4.69) is 5.32 Å². The van der Waals surface area contributed by atoms with Gasteiger partial charge in [0.1, 0.15) is 18.1 Å². The van der Waals surface area contributed by atoms with Crippen LogP contribution in [0.25, 0.3) is 0 Å². The minimum absolute atomic E-state index is 0.00234. The van der Waals surface area contributed by atoms with E-state index in [1.165, 1.54) is 0 Å². The molecule has 1 aromatic heterocycles. The molecule has 0 aliphatic rings. The molecule has 0 atom stereocenters. The third-order valence-corrected chi connectivity index (χ3v) is 4.33. The summed E-state index contributed by atoms with van der Waals surface area (Å²) in [5.41, 5.74) is 4.11. The second-order valence-corrected chi connectivity index (χ2v) is 6.68. The van der Waals surface area contributed by atoms with Gasteiger partial charge in [-0.25, -0.2) is 0 Å². The van der Waals surface area contributed by atoms with Gasteiger partial charge in [0, 0.05) is 6.54 Å². The van der Waals surface area contributed by atoms with Gasteiger partial charge in [0.25, 0.3) is 5.91 Å². The Hall–Kier alpha value is -3.05. The van der Waals surface area contributed by atoms with Crippen molar-refractivity contribution in [3.63, 3.8) is 0 Å². The molecule has 0 aliphatic carbocycles. The van der Waals surface area contributed by atoms with Crippen LogP contribution in [0.4, 0.5) is 0 Å². The highest BCUT2D eigenvalue weighted by Crippen LogP contribution is 2.22. The van der Waals surface area contributed by atoms with E-state index in [9.17, 15) is 4.79 Å². The number of aryl methyl sites for hydroxylation is 2. The number of amides is 1. The second-order valence-electron chi connectivity index (χ2n) is 6.68. The molecule has 146 valence electrons. The molecule has 5 heteroatoms. The van der Waals surface area contributed by atoms with Gasteiger partial charge in [0.2, 0.25) is 0 Å². The lowest BCUT2D eigenvalue weighted by atomic mass is 10.1. The first-order valence-corrected chi connectivity index (χ1v) is 9.25. The Labute approximate surface area is 165 Å². The predicted octanol–water partition coefficient (Wildman–Crippen LogP) is 4.31. The first-order valence-electron chi connectivity index (χ1n) is 9.25. The quantitative estimate of drug-likeness (QED) is 0.602. The van der Waals surface area contributed by atoms with Crippen LogP contribution in [0, 0.1) is 13.8 Å². The summed E-state index contributed by atoms with van der Waals surface area (Å²) < 4.78 is 16.6. The Morgan fingerprint density at radius 2 is 1.71 bits per heavy atom. The van der Waals surface area contributed by atoms with E-state index >= 15 is 0 Å². The summed E-state index contributed by atoms with van der Waals surface area (Å²) in [5.74, 6) is 1.42. The number of ether oxygens (including phenoxy) is 2. The number of furan rings is 1. The maximum absolute atomic E-state index is 12.1. The molecule has 0 unspecified atom stereocenters.